The molecule has 8 heteroatoms. The summed E-state index contributed by atoms with van der Waals surface area (Å²) in [6.45, 7) is 9.99. The van der Waals surface area contributed by atoms with Gasteiger partial charge in [-0.1, -0.05) is 0 Å². The monoisotopic (exact) mass is 350 g/mol. The third kappa shape index (κ3) is 6.28. The maximum Gasteiger partial charge on any atom is 0.409 e. The largest absolute Gasteiger partial charge is 0.450 e. The Labute approximate surface area is 149 Å². The normalized spacial score (nSPS) is 16.0. The van der Waals surface area contributed by atoms with Crippen LogP contribution >= 0.6 is 0 Å². The summed E-state index contributed by atoms with van der Waals surface area (Å²) in [5.41, 5.74) is 1.15. The summed E-state index contributed by atoms with van der Waals surface area (Å²) >= 11 is 0. The molecule has 0 spiro atoms. The van der Waals surface area contributed by atoms with Crippen molar-refractivity contribution < 1.29 is 9.53 Å². The number of amides is 1. The third-order valence-electron chi connectivity index (χ3n) is 4.07. The maximum absolute atomic E-state index is 11.7. The van der Waals surface area contributed by atoms with Gasteiger partial charge >= 0.3 is 6.09 Å². The van der Waals surface area contributed by atoms with Crippen LogP contribution in [0, 0.1) is 6.92 Å². The smallest absolute Gasteiger partial charge is 0.409 e. The van der Waals surface area contributed by atoms with Crippen LogP contribution in [-0.2, 0) is 11.3 Å². The number of aliphatic imine (C=N–C) groups is 1. The number of hydrogen-bond acceptors (Lipinski definition) is 4. The second-order valence-electron chi connectivity index (χ2n) is 6.15. The van der Waals surface area contributed by atoms with Crippen molar-refractivity contribution in [3.63, 3.8) is 0 Å². The van der Waals surface area contributed by atoms with Crippen molar-refractivity contribution in [1.82, 2.24) is 25.3 Å². The van der Waals surface area contributed by atoms with E-state index in [4.69, 9.17) is 4.74 Å². The molecule has 1 aliphatic rings. The minimum atomic E-state index is -0.212. The summed E-state index contributed by atoms with van der Waals surface area (Å²) in [5, 5.41) is 11.0. The molecule has 1 aromatic heterocycles. The first-order valence-corrected chi connectivity index (χ1v) is 9.08. The zero-order chi connectivity index (χ0) is 18.1. The summed E-state index contributed by atoms with van der Waals surface area (Å²) < 4.78 is 6.96. The molecule has 1 fully saturated rings. The van der Waals surface area contributed by atoms with Crippen molar-refractivity contribution in [1.29, 1.82) is 0 Å². The molecule has 0 aliphatic carbocycles. The van der Waals surface area contributed by atoms with E-state index in [2.05, 4.69) is 27.6 Å². The minimum absolute atomic E-state index is 0.212. The van der Waals surface area contributed by atoms with Crippen LogP contribution in [0.3, 0.4) is 0 Å². The van der Waals surface area contributed by atoms with E-state index in [1.807, 2.05) is 30.9 Å². The lowest BCUT2D eigenvalue weighted by Crippen LogP contribution is -2.50. The highest BCUT2D eigenvalue weighted by molar-refractivity contribution is 5.80. The van der Waals surface area contributed by atoms with Gasteiger partial charge in [0, 0.05) is 31.9 Å². The summed E-state index contributed by atoms with van der Waals surface area (Å²) in [7, 11) is 0. The van der Waals surface area contributed by atoms with Crippen molar-refractivity contribution in [3.05, 3.63) is 18.0 Å². The molecule has 1 aliphatic heterocycles. The Morgan fingerprint density at radius 3 is 2.76 bits per heavy atom. The van der Waals surface area contributed by atoms with Crippen molar-refractivity contribution in [2.45, 2.75) is 46.2 Å². The molecule has 1 saturated heterocycles. The number of guanidine groups is 1. The van der Waals surface area contributed by atoms with Crippen molar-refractivity contribution in [3.8, 4) is 0 Å². The number of likely N-dealkylation sites (tertiary alicyclic amines) is 1. The molecule has 0 atom stereocenters. The van der Waals surface area contributed by atoms with Gasteiger partial charge in [-0.2, -0.15) is 5.10 Å². The summed E-state index contributed by atoms with van der Waals surface area (Å²) in [5.74, 6) is 0.820. The van der Waals surface area contributed by atoms with E-state index >= 15 is 0 Å². The van der Waals surface area contributed by atoms with Gasteiger partial charge in [-0.15, -0.1) is 0 Å². The van der Waals surface area contributed by atoms with Crippen LogP contribution in [-0.4, -0.2) is 65.6 Å². The highest BCUT2D eigenvalue weighted by atomic mass is 16.6. The standard InChI is InChI=1S/C17H30N6O2/c1-4-18-16(19-8-11-23-13-14(3)12-20-23)21-15-6-9-22(10-7-15)17(24)25-5-2/h12-13,15H,4-11H2,1-3H3,(H2,18,19,21). The Morgan fingerprint density at radius 2 is 2.16 bits per heavy atom. The summed E-state index contributed by atoms with van der Waals surface area (Å²) in [4.78, 5) is 18.1. The predicted molar refractivity (Wildman–Crippen MR) is 97.7 cm³/mol. The van der Waals surface area contributed by atoms with E-state index in [1.165, 1.54) is 0 Å². The van der Waals surface area contributed by atoms with Gasteiger partial charge in [-0.25, -0.2) is 4.79 Å². The Morgan fingerprint density at radius 1 is 1.40 bits per heavy atom. The predicted octanol–water partition coefficient (Wildman–Crippen LogP) is 1.37. The number of rotatable bonds is 6. The fourth-order valence-corrected chi connectivity index (χ4v) is 2.79. The molecular weight excluding hydrogens is 320 g/mol. The van der Waals surface area contributed by atoms with Crippen LogP contribution < -0.4 is 10.6 Å². The molecular formula is C17H30N6O2. The zero-order valence-electron chi connectivity index (χ0n) is 15.5. The molecule has 1 aromatic rings. The SMILES string of the molecule is CCNC(=NCCn1cc(C)cn1)NC1CCN(C(=O)OCC)CC1. The zero-order valence-corrected chi connectivity index (χ0v) is 15.5. The molecule has 0 bridgehead atoms. The topological polar surface area (TPSA) is 83.8 Å². The first-order chi connectivity index (χ1) is 12.1. The number of aromatic nitrogens is 2. The van der Waals surface area contributed by atoms with Crippen LogP contribution in [0.5, 0.6) is 0 Å². The number of ether oxygens (including phenoxy) is 1. The van der Waals surface area contributed by atoms with E-state index in [0.29, 0.717) is 32.3 Å². The fraction of sp³-hybridized carbons (Fsp3) is 0.706. The first kappa shape index (κ1) is 19.1. The van der Waals surface area contributed by atoms with Crippen molar-refractivity contribution in [2.75, 3.05) is 32.8 Å². The van der Waals surface area contributed by atoms with Gasteiger partial charge in [0.15, 0.2) is 5.96 Å². The Kier molecular flexibility index (Phi) is 7.56. The number of piperidine rings is 1. The van der Waals surface area contributed by atoms with Gasteiger partial charge in [0.25, 0.3) is 0 Å². The molecule has 25 heavy (non-hydrogen) atoms. The van der Waals surface area contributed by atoms with Crippen molar-refractivity contribution in [2.24, 2.45) is 4.99 Å². The lowest BCUT2D eigenvalue weighted by Gasteiger charge is -2.32. The van der Waals surface area contributed by atoms with E-state index in [1.54, 1.807) is 4.90 Å². The molecule has 8 nitrogen and oxygen atoms in total. The van der Waals surface area contributed by atoms with Gasteiger partial charge in [-0.3, -0.25) is 9.67 Å². The Balaban J connectivity index is 1.78. The molecule has 0 aromatic carbocycles. The van der Waals surface area contributed by atoms with E-state index in [-0.39, 0.29) is 6.09 Å². The van der Waals surface area contributed by atoms with Crippen molar-refractivity contribution >= 4 is 12.1 Å². The quantitative estimate of drug-likeness (QED) is 0.598. The number of aryl methyl sites for hydroxylation is 1. The van der Waals surface area contributed by atoms with Crippen LogP contribution in [0.1, 0.15) is 32.3 Å². The van der Waals surface area contributed by atoms with Gasteiger partial charge < -0.3 is 20.3 Å². The molecule has 2 heterocycles. The highest BCUT2D eigenvalue weighted by Crippen LogP contribution is 2.11. The average Bonchev–Trinajstić information content (AvgIpc) is 3.01. The average molecular weight is 350 g/mol. The fourth-order valence-electron chi connectivity index (χ4n) is 2.79. The number of carbonyl (C=O) groups excluding carboxylic acids is 1. The van der Waals surface area contributed by atoms with E-state index in [9.17, 15) is 4.79 Å². The van der Waals surface area contributed by atoms with Gasteiger partial charge in [-0.05, 0) is 39.2 Å². The second kappa shape index (κ2) is 9.90. The third-order valence-corrected chi connectivity index (χ3v) is 4.07. The molecule has 0 unspecified atom stereocenters. The molecule has 0 radical (unpaired) electrons. The van der Waals surface area contributed by atoms with Crippen LogP contribution in [0.4, 0.5) is 4.79 Å². The summed E-state index contributed by atoms with van der Waals surface area (Å²) in [6.07, 6.45) is 5.44. The first-order valence-electron chi connectivity index (χ1n) is 9.08. The number of nitrogens with one attached hydrogen (secondary N) is 2. The molecule has 0 saturated carbocycles. The summed E-state index contributed by atoms with van der Waals surface area (Å²) in [6, 6.07) is 0.315. The van der Waals surface area contributed by atoms with Gasteiger partial charge in [0.1, 0.15) is 0 Å². The maximum atomic E-state index is 11.7. The minimum Gasteiger partial charge on any atom is -0.450 e. The molecule has 2 rings (SSSR count). The number of nitrogens with zero attached hydrogens (tertiary/aromatic N) is 4. The Hall–Kier alpha value is -2.25. The van der Waals surface area contributed by atoms with E-state index < -0.39 is 0 Å². The molecule has 2 N–H and O–H groups in total. The van der Waals surface area contributed by atoms with Gasteiger partial charge in [0.2, 0.25) is 0 Å². The lowest BCUT2D eigenvalue weighted by molar-refractivity contribution is 0.0963. The van der Waals surface area contributed by atoms with E-state index in [0.717, 1.165) is 37.5 Å². The van der Waals surface area contributed by atoms with Crippen LogP contribution in [0.15, 0.2) is 17.4 Å². The Bertz CT molecular complexity index is 563. The van der Waals surface area contributed by atoms with Gasteiger partial charge in [0.05, 0.1) is 25.9 Å². The van der Waals surface area contributed by atoms with Crippen LogP contribution in [0.2, 0.25) is 0 Å². The number of hydrogen-bond donors (Lipinski definition) is 2. The lowest BCUT2D eigenvalue weighted by atomic mass is 10.1. The molecule has 140 valence electrons. The number of carbonyl (C=O) groups is 1. The highest BCUT2D eigenvalue weighted by Gasteiger charge is 2.23. The van der Waals surface area contributed by atoms with Crippen LogP contribution in [0.25, 0.3) is 0 Å². The second-order valence-corrected chi connectivity index (χ2v) is 6.15. The molecule has 1 amide bonds.